The number of anilines is 1. The quantitative estimate of drug-likeness (QED) is 0.461. The summed E-state index contributed by atoms with van der Waals surface area (Å²) in [6, 6.07) is 15.8. The van der Waals surface area contributed by atoms with Gasteiger partial charge in [-0.1, -0.05) is 30.3 Å². The summed E-state index contributed by atoms with van der Waals surface area (Å²) in [5.74, 6) is 2.04. The van der Waals surface area contributed by atoms with Gasteiger partial charge in [-0.05, 0) is 36.6 Å². The number of hydrogen-bond donors (Lipinski definition) is 1. The van der Waals surface area contributed by atoms with Crippen LogP contribution in [0, 0.1) is 0 Å². The highest BCUT2D eigenvalue weighted by molar-refractivity contribution is 5.72. The third kappa shape index (κ3) is 3.91. The zero-order valence-electron chi connectivity index (χ0n) is 18.1. The zero-order valence-corrected chi connectivity index (χ0v) is 18.1. The van der Waals surface area contributed by atoms with Crippen LogP contribution in [0.2, 0.25) is 0 Å². The van der Waals surface area contributed by atoms with Gasteiger partial charge in [0, 0.05) is 11.6 Å². The van der Waals surface area contributed by atoms with Gasteiger partial charge in [0.2, 0.25) is 5.95 Å². The molecular formula is C24H25N5O3. The van der Waals surface area contributed by atoms with Gasteiger partial charge >= 0.3 is 5.69 Å². The highest BCUT2D eigenvalue weighted by Gasteiger charge is 2.23. The molecule has 0 atom stereocenters. The Bertz CT molecular complexity index is 1320. The molecule has 32 heavy (non-hydrogen) atoms. The van der Waals surface area contributed by atoms with Gasteiger partial charge < -0.3 is 14.8 Å². The molecular weight excluding hydrogens is 406 g/mol. The van der Waals surface area contributed by atoms with Gasteiger partial charge in [0.1, 0.15) is 17.0 Å². The van der Waals surface area contributed by atoms with E-state index >= 15 is 0 Å². The molecule has 0 aliphatic heterocycles. The Labute approximate surface area is 185 Å². The maximum Gasteiger partial charge on any atom is 0.331 e. The summed E-state index contributed by atoms with van der Waals surface area (Å²) in [7, 11) is 3.26. The Balaban J connectivity index is 1.61. The van der Waals surface area contributed by atoms with E-state index in [0.717, 1.165) is 35.5 Å². The van der Waals surface area contributed by atoms with E-state index in [2.05, 4.69) is 10.3 Å². The number of nitrogens with one attached hydrogen (secondary N) is 1. The van der Waals surface area contributed by atoms with Crippen LogP contribution in [0.25, 0.3) is 11.2 Å². The Morgan fingerprint density at radius 3 is 2.66 bits per heavy atom. The molecule has 8 nitrogen and oxygen atoms in total. The van der Waals surface area contributed by atoms with Gasteiger partial charge in [-0.3, -0.25) is 9.13 Å². The van der Waals surface area contributed by atoms with Crippen molar-refractivity contribution in [1.82, 2.24) is 19.1 Å². The third-order valence-corrected chi connectivity index (χ3v) is 5.66. The van der Waals surface area contributed by atoms with E-state index in [1.165, 1.54) is 0 Å². The van der Waals surface area contributed by atoms with Gasteiger partial charge in [-0.2, -0.15) is 4.98 Å². The Hall–Kier alpha value is -3.81. The van der Waals surface area contributed by atoms with Crippen LogP contribution in [-0.4, -0.2) is 39.4 Å². The second-order valence-electron chi connectivity index (χ2n) is 7.94. The fourth-order valence-corrected chi connectivity index (χ4v) is 3.83. The Morgan fingerprint density at radius 1 is 1.03 bits per heavy atom. The first-order valence-corrected chi connectivity index (χ1v) is 10.6. The minimum absolute atomic E-state index is 0.147. The second kappa shape index (κ2) is 8.37. The number of benzene rings is 2. The molecule has 0 saturated heterocycles. The van der Waals surface area contributed by atoms with Crippen molar-refractivity contribution in [2.75, 3.05) is 19.5 Å². The van der Waals surface area contributed by atoms with Crippen molar-refractivity contribution in [2.24, 2.45) is 0 Å². The summed E-state index contributed by atoms with van der Waals surface area (Å²) < 4.78 is 14.2. The summed E-state index contributed by atoms with van der Waals surface area (Å²) >= 11 is 0. The molecule has 2 aromatic carbocycles. The van der Waals surface area contributed by atoms with Crippen LogP contribution in [0.5, 0.6) is 11.5 Å². The Kier molecular flexibility index (Phi) is 5.26. The molecule has 4 aromatic rings. The summed E-state index contributed by atoms with van der Waals surface area (Å²) in [5.41, 5.74) is 3.01. The topological polar surface area (TPSA) is 83.2 Å². The average Bonchev–Trinajstić information content (AvgIpc) is 3.61. The first kappa shape index (κ1) is 20.1. The predicted molar refractivity (Wildman–Crippen MR) is 123 cm³/mol. The van der Waals surface area contributed by atoms with Crippen molar-refractivity contribution in [3.8, 4) is 11.5 Å². The normalized spacial score (nSPS) is 13.3. The lowest BCUT2D eigenvalue weighted by molar-refractivity contribution is 0.408. The van der Waals surface area contributed by atoms with Crippen molar-refractivity contribution in [2.45, 2.75) is 32.0 Å². The molecule has 1 aliphatic carbocycles. The van der Waals surface area contributed by atoms with Crippen LogP contribution in [0.3, 0.4) is 0 Å². The molecule has 1 aliphatic rings. The van der Waals surface area contributed by atoms with E-state index < -0.39 is 0 Å². The fraction of sp³-hybridized carbons (Fsp3) is 0.292. The van der Waals surface area contributed by atoms with E-state index in [1.54, 1.807) is 29.6 Å². The lowest BCUT2D eigenvalue weighted by Crippen LogP contribution is -2.25. The maximum absolute atomic E-state index is 13.6. The highest BCUT2D eigenvalue weighted by Crippen LogP contribution is 2.25. The number of para-hydroxylation sites is 1. The molecule has 2 heterocycles. The maximum atomic E-state index is 13.6. The zero-order chi connectivity index (χ0) is 22.1. The summed E-state index contributed by atoms with van der Waals surface area (Å²) in [5, 5.41) is 3.33. The predicted octanol–water partition coefficient (Wildman–Crippen LogP) is 3.28. The monoisotopic (exact) mass is 431 g/mol. The number of methoxy groups -OCH3 is 2. The van der Waals surface area contributed by atoms with Gasteiger partial charge in [-0.25, -0.2) is 9.78 Å². The van der Waals surface area contributed by atoms with Gasteiger partial charge in [0.05, 0.1) is 33.5 Å². The summed E-state index contributed by atoms with van der Waals surface area (Å²) in [6.07, 6.45) is 3.96. The minimum atomic E-state index is -0.147. The molecule has 2 aromatic heterocycles. The van der Waals surface area contributed by atoms with Gasteiger partial charge in [-0.15, -0.1) is 0 Å². The standard InChI is InChI=1S/C24H25N5O3/c1-31-19-8-5-6-16(12-19)14-29-22-20(13-25-23(27-22)26-18-10-11-18)28(24(29)30)15-17-7-3-4-9-21(17)32-2/h3-9,12-13,18H,10-11,14-15H2,1-2H3,(H,25,26,27). The first-order chi connectivity index (χ1) is 15.7. The van der Waals surface area contributed by atoms with E-state index in [0.29, 0.717) is 36.2 Å². The van der Waals surface area contributed by atoms with E-state index in [-0.39, 0.29) is 5.69 Å². The SMILES string of the molecule is COc1cccc(Cn2c(=O)n(Cc3ccccc3OC)c3cnc(NC4CC4)nc32)c1. The lowest BCUT2D eigenvalue weighted by atomic mass is 10.2. The van der Waals surface area contributed by atoms with Crippen LogP contribution < -0.4 is 20.5 Å². The number of aromatic nitrogens is 4. The number of imidazole rings is 1. The van der Waals surface area contributed by atoms with Crippen molar-refractivity contribution >= 4 is 17.1 Å². The number of ether oxygens (including phenoxy) is 2. The van der Waals surface area contributed by atoms with E-state index in [4.69, 9.17) is 14.5 Å². The van der Waals surface area contributed by atoms with E-state index in [9.17, 15) is 4.79 Å². The minimum Gasteiger partial charge on any atom is -0.497 e. The molecule has 0 unspecified atom stereocenters. The van der Waals surface area contributed by atoms with Crippen molar-refractivity contribution in [3.63, 3.8) is 0 Å². The molecule has 0 amide bonds. The molecule has 164 valence electrons. The van der Waals surface area contributed by atoms with Crippen molar-refractivity contribution < 1.29 is 9.47 Å². The summed E-state index contributed by atoms with van der Waals surface area (Å²) in [4.78, 5) is 22.8. The smallest absolute Gasteiger partial charge is 0.331 e. The third-order valence-electron chi connectivity index (χ3n) is 5.66. The van der Waals surface area contributed by atoms with Crippen molar-refractivity contribution in [1.29, 1.82) is 0 Å². The van der Waals surface area contributed by atoms with Gasteiger partial charge in [0.25, 0.3) is 0 Å². The summed E-state index contributed by atoms with van der Waals surface area (Å²) in [6.45, 7) is 0.745. The molecule has 1 N–H and O–H groups in total. The second-order valence-corrected chi connectivity index (χ2v) is 7.94. The largest absolute Gasteiger partial charge is 0.497 e. The van der Waals surface area contributed by atoms with E-state index in [1.807, 2.05) is 48.5 Å². The van der Waals surface area contributed by atoms with Gasteiger partial charge in [0.15, 0.2) is 5.65 Å². The highest BCUT2D eigenvalue weighted by atomic mass is 16.5. The van der Waals surface area contributed by atoms with Crippen LogP contribution >= 0.6 is 0 Å². The van der Waals surface area contributed by atoms with Crippen molar-refractivity contribution in [3.05, 3.63) is 76.3 Å². The number of nitrogens with zero attached hydrogens (tertiary/aromatic N) is 4. The van der Waals surface area contributed by atoms with Crippen LogP contribution in [-0.2, 0) is 13.1 Å². The molecule has 5 rings (SSSR count). The molecule has 1 fully saturated rings. The molecule has 1 saturated carbocycles. The lowest BCUT2D eigenvalue weighted by Gasteiger charge is -2.09. The van der Waals surface area contributed by atoms with Crippen LogP contribution in [0.15, 0.2) is 59.5 Å². The number of fused-ring (bicyclic) bond motifs is 1. The molecule has 8 heteroatoms. The fourth-order valence-electron chi connectivity index (χ4n) is 3.83. The number of rotatable bonds is 8. The molecule has 0 radical (unpaired) electrons. The van der Waals surface area contributed by atoms with Crippen LogP contribution in [0.4, 0.5) is 5.95 Å². The average molecular weight is 431 g/mol. The Morgan fingerprint density at radius 2 is 1.88 bits per heavy atom. The first-order valence-electron chi connectivity index (χ1n) is 10.6. The molecule has 0 spiro atoms. The molecule has 0 bridgehead atoms. The van der Waals surface area contributed by atoms with Crippen LogP contribution in [0.1, 0.15) is 24.0 Å². The number of hydrogen-bond acceptors (Lipinski definition) is 6.